The minimum absolute atomic E-state index is 0.0200. The van der Waals surface area contributed by atoms with Crippen LogP contribution in [0.3, 0.4) is 0 Å². The van der Waals surface area contributed by atoms with Crippen LogP contribution in [0.5, 0.6) is 0 Å². The van der Waals surface area contributed by atoms with E-state index in [0.717, 1.165) is 4.57 Å². The predicted octanol–water partition coefficient (Wildman–Crippen LogP) is 2.84. The highest BCUT2D eigenvalue weighted by molar-refractivity contribution is 5.99. The van der Waals surface area contributed by atoms with E-state index in [9.17, 15) is 22.8 Å². The quantitative estimate of drug-likeness (QED) is 0.894. The zero-order valence-corrected chi connectivity index (χ0v) is 13.2. The molecule has 6 nitrogen and oxygen atoms in total. The lowest BCUT2D eigenvalue weighted by molar-refractivity contribution is -0.147. The zero-order valence-electron chi connectivity index (χ0n) is 13.2. The second-order valence-electron chi connectivity index (χ2n) is 5.63. The van der Waals surface area contributed by atoms with Crippen LogP contribution in [-0.2, 0) is 11.0 Å². The maximum atomic E-state index is 13.1. The largest absolute Gasteiger partial charge is 0.480 e. The van der Waals surface area contributed by atoms with Gasteiger partial charge < -0.3 is 15.0 Å². The summed E-state index contributed by atoms with van der Waals surface area (Å²) < 4.78 is 40.5. The molecule has 0 spiro atoms. The smallest absolute Gasteiger partial charge is 0.449 e. The lowest BCUT2D eigenvalue weighted by atomic mass is 10.1. The number of rotatable bonds is 4. The molecular weight excluding hydrogens is 327 g/mol. The van der Waals surface area contributed by atoms with E-state index in [1.54, 1.807) is 13.8 Å². The van der Waals surface area contributed by atoms with Gasteiger partial charge in [-0.25, -0.2) is 4.98 Å². The van der Waals surface area contributed by atoms with Gasteiger partial charge in [-0.2, -0.15) is 13.2 Å². The van der Waals surface area contributed by atoms with Crippen molar-refractivity contribution in [3.8, 4) is 0 Å². The van der Waals surface area contributed by atoms with Crippen molar-refractivity contribution < 1.29 is 27.9 Å². The first kappa shape index (κ1) is 17.8. The van der Waals surface area contributed by atoms with Crippen LogP contribution in [0.4, 0.5) is 13.2 Å². The molecule has 0 aliphatic carbocycles. The predicted molar refractivity (Wildman–Crippen MR) is 79.7 cm³/mol. The number of carboxylic acid groups (broad SMARTS) is 1. The highest BCUT2D eigenvalue weighted by Crippen LogP contribution is 2.33. The Morgan fingerprint density at radius 3 is 2.38 bits per heavy atom. The van der Waals surface area contributed by atoms with Gasteiger partial charge in [-0.1, -0.05) is 0 Å². The molecule has 2 rings (SSSR count). The van der Waals surface area contributed by atoms with Gasteiger partial charge in [0.25, 0.3) is 5.91 Å². The summed E-state index contributed by atoms with van der Waals surface area (Å²) in [6.45, 7) is 4.49. The van der Waals surface area contributed by atoms with Gasteiger partial charge in [0, 0.05) is 11.6 Å². The molecule has 0 aliphatic rings. The average molecular weight is 343 g/mol. The summed E-state index contributed by atoms with van der Waals surface area (Å²) in [5.74, 6) is -2.95. The number of nitrogens with one attached hydrogen (secondary N) is 1. The fraction of sp³-hybridized carbons (Fsp3) is 0.400. The number of aromatic nitrogens is 2. The summed E-state index contributed by atoms with van der Waals surface area (Å²) in [6.07, 6.45) is -4.62. The maximum Gasteiger partial charge on any atom is 0.449 e. The van der Waals surface area contributed by atoms with E-state index >= 15 is 0 Å². The Hall–Kier alpha value is -2.58. The molecule has 24 heavy (non-hydrogen) atoms. The fourth-order valence-electron chi connectivity index (χ4n) is 2.30. The van der Waals surface area contributed by atoms with E-state index in [1.165, 1.54) is 25.1 Å². The highest BCUT2D eigenvalue weighted by atomic mass is 19.4. The molecule has 0 radical (unpaired) electrons. The number of benzene rings is 1. The molecule has 1 aromatic heterocycles. The standard InChI is InChI=1S/C15H16F3N3O3/c1-7(2)21-11-5-4-9(12(22)19-8(3)13(23)24)6-10(11)20-14(21)15(16,17)18/h4-8H,1-3H3,(H,19,22)(H,23,24)/t8-/m0/s1. The number of alkyl halides is 3. The second-order valence-corrected chi connectivity index (χ2v) is 5.63. The van der Waals surface area contributed by atoms with Crippen LogP contribution in [0.15, 0.2) is 18.2 Å². The van der Waals surface area contributed by atoms with Crippen molar-refractivity contribution in [1.82, 2.24) is 14.9 Å². The third kappa shape index (κ3) is 3.34. The Morgan fingerprint density at radius 1 is 1.25 bits per heavy atom. The first-order chi connectivity index (χ1) is 11.0. The minimum Gasteiger partial charge on any atom is -0.480 e. The third-order valence-corrected chi connectivity index (χ3v) is 3.44. The molecule has 1 atom stereocenters. The van der Waals surface area contributed by atoms with Crippen molar-refractivity contribution in [3.05, 3.63) is 29.6 Å². The third-order valence-electron chi connectivity index (χ3n) is 3.44. The van der Waals surface area contributed by atoms with Gasteiger partial charge in [-0.3, -0.25) is 9.59 Å². The van der Waals surface area contributed by atoms with Crippen LogP contribution in [-0.4, -0.2) is 32.6 Å². The van der Waals surface area contributed by atoms with Crippen molar-refractivity contribution >= 4 is 22.9 Å². The molecule has 0 saturated heterocycles. The number of nitrogens with zero attached hydrogens (tertiary/aromatic N) is 2. The number of carbonyl (C=O) groups is 2. The Balaban J connectivity index is 2.49. The summed E-state index contributed by atoms with van der Waals surface area (Å²) in [5, 5.41) is 11.0. The van der Waals surface area contributed by atoms with E-state index in [0.29, 0.717) is 0 Å². The topological polar surface area (TPSA) is 84.2 Å². The first-order valence-electron chi connectivity index (χ1n) is 7.15. The number of amides is 1. The number of imidazole rings is 1. The summed E-state index contributed by atoms with van der Waals surface area (Å²) in [6, 6.07) is 2.34. The summed E-state index contributed by atoms with van der Waals surface area (Å²) in [4.78, 5) is 26.4. The molecule has 130 valence electrons. The van der Waals surface area contributed by atoms with E-state index in [1.807, 2.05) is 0 Å². The summed E-state index contributed by atoms with van der Waals surface area (Å²) >= 11 is 0. The van der Waals surface area contributed by atoms with Gasteiger partial charge in [0.15, 0.2) is 0 Å². The number of carbonyl (C=O) groups excluding carboxylic acids is 1. The van der Waals surface area contributed by atoms with Gasteiger partial charge in [0.2, 0.25) is 5.82 Å². The van der Waals surface area contributed by atoms with Crippen molar-refractivity contribution in [2.45, 2.75) is 39.0 Å². The number of hydrogen-bond donors (Lipinski definition) is 2. The van der Waals surface area contributed by atoms with Crippen molar-refractivity contribution in [3.63, 3.8) is 0 Å². The molecule has 0 fully saturated rings. The Kier molecular flexibility index (Phi) is 4.54. The molecule has 2 N–H and O–H groups in total. The van der Waals surface area contributed by atoms with Crippen molar-refractivity contribution in [1.29, 1.82) is 0 Å². The number of hydrogen-bond acceptors (Lipinski definition) is 3. The van der Waals surface area contributed by atoms with Gasteiger partial charge in [-0.15, -0.1) is 0 Å². The summed E-state index contributed by atoms with van der Waals surface area (Å²) in [5.41, 5.74) is 0.310. The van der Waals surface area contributed by atoms with Gasteiger partial charge >= 0.3 is 12.1 Å². The molecule has 2 aromatic rings. The SMILES string of the molecule is CC(C)n1c(C(F)(F)F)nc2cc(C(=O)N[C@@H](C)C(=O)O)ccc21. The van der Waals surface area contributed by atoms with E-state index in [2.05, 4.69) is 10.3 Å². The van der Waals surface area contributed by atoms with Crippen LogP contribution >= 0.6 is 0 Å². The number of halogens is 3. The number of fused-ring (bicyclic) bond motifs is 1. The molecule has 0 unspecified atom stereocenters. The maximum absolute atomic E-state index is 13.1. The molecule has 0 aliphatic heterocycles. The zero-order chi connectivity index (χ0) is 18.2. The Bertz CT molecular complexity index is 796. The van der Waals surface area contributed by atoms with Crippen LogP contribution in [0.1, 0.15) is 43.0 Å². The molecule has 1 heterocycles. The highest BCUT2D eigenvalue weighted by Gasteiger charge is 2.38. The molecule has 1 aromatic carbocycles. The monoisotopic (exact) mass is 343 g/mol. The number of carboxylic acids is 1. The minimum atomic E-state index is -4.62. The molecule has 0 saturated carbocycles. The van der Waals surface area contributed by atoms with Crippen LogP contribution < -0.4 is 5.32 Å². The van der Waals surface area contributed by atoms with E-state index in [-0.39, 0.29) is 16.6 Å². The average Bonchev–Trinajstić information content (AvgIpc) is 2.85. The normalized spacial score (nSPS) is 13.3. The molecular formula is C15H16F3N3O3. The van der Waals surface area contributed by atoms with Crippen LogP contribution in [0, 0.1) is 0 Å². The lowest BCUT2D eigenvalue weighted by Crippen LogP contribution is -2.38. The first-order valence-corrected chi connectivity index (χ1v) is 7.15. The fourth-order valence-corrected chi connectivity index (χ4v) is 2.30. The van der Waals surface area contributed by atoms with Crippen molar-refractivity contribution in [2.24, 2.45) is 0 Å². The summed E-state index contributed by atoms with van der Waals surface area (Å²) in [7, 11) is 0. The van der Waals surface area contributed by atoms with E-state index in [4.69, 9.17) is 5.11 Å². The van der Waals surface area contributed by atoms with Gasteiger partial charge in [-0.05, 0) is 39.0 Å². The van der Waals surface area contributed by atoms with Crippen LogP contribution in [0.25, 0.3) is 11.0 Å². The second kappa shape index (κ2) is 6.14. The molecule has 0 bridgehead atoms. The molecule has 9 heteroatoms. The van der Waals surface area contributed by atoms with Crippen LogP contribution in [0.2, 0.25) is 0 Å². The van der Waals surface area contributed by atoms with Crippen molar-refractivity contribution in [2.75, 3.05) is 0 Å². The lowest BCUT2D eigenvalue weighted by Gasteiger charge is -2.14. The number of aliphatic carboxylic acids is 1. The van der Waals surface area contributed by atoms with Gasteiger partial charge in [0.05, 0.1) is 11.0 Å². The van der Waals surface area contributed by atoms with E-state index < -0.39 is 36.0 Å². The van der Waals surface area contributed by atoms with Gasteiger partial charge in [0.1, 0.15) is 6.04 Å². The molecule has 1 amide bonds. The Morgan fingerprint density at radius 2 is 1.88 bits per heavy atom. The Labute approximate surface area is 135 Å².